The molecule has 1 aromatic heterocycles. The molecule has 1 unspecified atom stereocenters. The fourth-order valence-corrected chi connectivity index (χ4v) is 4.97. The number of aromatic amines is 1. The minimum Gasteiger partial charge on any atom is -0.507 e. The van der Waals surface area contributed by atoms with Gasteiger partial charge in [0.05, 0.1) is 27.4 Å². The van der Waals surface area contributed by atoms with Gasteiger partial charge in [0.15, 0.2) is 11.5 Å². The van der Waals surface area contributed by atoms with E-state index in [4.69, 9.17) is 25.8 Å². The third-order valence-corrected chi connectivity index (χ3v) is 7.00. The first kappa shape index (κ1) is 24.5. The van der Waals surface area contributed by atoms with Crippen LogP contribution in [0.25, 0.3) is 11.3 Å². The molecule has 1 aliphatic rings. The normalized spacial score (nSPS) is 14.6. The van der Waals surface area contributed by atoms with Gasteiger partial charge in [-0.2, -0.15) is 5.10 Å². The van der Waals surface area contributed by atoms with Crippen molar-refractivity contribution < 1.29 is 24.1 Å². The Morgan fingerprint density at radius 1 is 1.03 bits per heavy atom. The Labute approximate surface area is 219 Å². The van der Waals surface area contributed by atoms with Crippen LogP contribution in [-0.4, -0.2) is 47.4 Å². The second-order valence-corrected chi connectivity index (χ2v) is 9.17. The number of H-pyrrole nitrogens is 1. The van der Waals surface area contributed by atoms with Gasteiger partial charge in [0.1, 0.15) is 17.1 Å². The van der Waals surface area contributed by atoms with Gasteiger partial charge in [0.2, 0.25) is 5.75 Å². The van der Waals surface area contributed by atoms with Crippen molar-refractivity contribution in [2.24, 2.45) is 0 Å². The summed E-state index contributed by atoms with van der Waals surface area (Å²) in [7, 11) is 4.63. The second-order valence-electron chi connectivity index (χ2n) is 8.76. The molecule has 0 bridgehead atoms. The third kappa shape index (κ3) is 4.13. The van der Waals surface area contributed by atoms with E-state index in [1.54, 1.807) is 31.3 Å². The number of hydrogen-bond donors (Lipinski definition) is 2. The molecule has 37 heavy (non-hydrogen) atoms. The number of aryl methyl sites for hydroxylation is 1. The van der Waals surface area contributed by atoms with Gasteiger partial charge in [-0.1, -0.05) is 41.9 Å². The lowest BCUT2D eigenvalue weighted by molar-refractivity contribution is 0.0729. The third-order valence-electron chi connectivity index (χ3n) is 6.59. The molecule has 3 aromatic carbocycles. The number of carbonyl (C=O) groups excluding carboxylic acids is 1. The summed E-state index contributed by atoms with van der Waals surface area (Å²) in [5, 5.41) is 18.6. The largest absolute Gasteiger partial charge is 0.507 e. The van der Waals surface area contributed by atoms with Crippen LogP contribution in [0.3, 0.4) is 0 Å². The summed E-state index contributed by atoms with van der Waals surface area (Å²) < 4.78 is 16.7. The average molecular weight is 520 g/mol. The number of carbonyl (C=O) groups is 1. The number of benzene rings is 3. The van der Waals surface area contributed by atoms with Crippen LogP contribution in [0.2, 0.25) is 5.02 Å². The number of aromatic nitrogens is 2. The molecule has 190 valence electrons. The minimum absolute atomic E-state index is 0.0220. The zero-order valence-electron chi connectivity index (χ0n) is 20.8. The number of hydrogen-bond acceptors (Lipinski definition) is 6. The van der Waals surface area contributed by atoms with Gasteiger partial charge in [0, 0.05) is 22.7 Å². The number of phenols is 1. The predicted molar refractivity (Wildman–Crippen MR) is 140 cm³/mol. The lowest BCUT2D eigenvalue weighted by atomic mass is 9.94. The molecule has 0 saturated carbocycles. The molecule has 0 aliphatic carbocycles. The maximum absolute atomic E-state index is 13.7. The summed E-state index contributed by atoms with van der Waals surface area (Å²) in [6.45, 7) is 2.16. The molecule has 1 aliphatic heterocycles. The van der Waals surface area contributed by atoms with E-state index in [0.29, 0.717) is 51.3 Å². The maximum Gasteiger partial charge on any atom is 0.273 e. The highest BCUT2D eigenvalue weighted by Crippen LogP contribution is 2.49. The summed E-state index contributed by atoms with van der Waals surface area (Å²) in [4.78, 5) is 15.5. The number of halogens is 1. The molecule has 2 heterocycles. The van der Waals surface area contributed by atoms with Gasteiger partial charge in [-0.3, -0.25) is 9.89 Å². The molecule has 1 amide bonds. The summed E-state index contributed by atoms with van der Waals surface area (Å²) in [5.41, 5.74) is 4.29. The van der Waals surface area contributed by atoms with E-state index >= 15 is 0 Å². The number of phenolic OH excluding ortho intramolecular Hbond substituents is 1. The highest BCUT2D eigenvalue weighted by Gasteiger charge is 2.43. The van der Waals surface area contributed by atoms with Crippen LogP contribution in [-0.2, 0) is 6.54 Å². The Morgan fingerprint density at radius 3 is 2.32 bits per heavy atom. The van der Waals surface area contributed by atoms with Crippen LogP contribution in [0.5, 0.6) is 23.0 Å². The molecule has 1 atom stereocenters. The molecule has 9 heteroatoms. The average Bonchev–Trinajstić information content (AvgIpc) is 3.44. The van der Waals surface area contributed by atoms with E-state index in [0.717, 1.165) is 16.7 Å². The number of ether oxygens (including phenoxy) is 3. The van der Waals surface area contributed by atoms with Crippen LogP contribution >= 0.6 is 11.6 Å². The fraction of sp³-hybridized carbons (Fsp3) is 0.214. The van der Waals surface area contributed by atoms with Gasteiger partial charge >= 0.3 is 0 Å². The summed E-state index contributed by atoms with van der Waals surface area (Å²) in [6.07, 6.45) is 0. The number of fused-ring (bicyclic) bond motifs is 1. The Morgan fingerprint density at radius 2 is 1.70 bits per heavy atom. The standard InChI is InChI=1S/C28H26ClN3O5/c1-15-10-20(33)18(13-19(15)29)24-23-25(31-30-24)28(34)32(14-16-8-6-5-7-9-16)26(23)17-11-21(35-2)27(37-4)22(12-17)36-3/h5-13,26,33H,14H2,1-4H3,(H,30,31). The van der Waals surface area contributed by atoms with Crippen LogP contribution in [0.4, 0.5) is 0 Å². The Hall–Kier alpha value is -4.17. The molecule has 0 fully saturated rings. The quantitative estimate of drug-likeness (QED) is 0.334. The van der Waals surface area contributed by atoms with E-state index < -0.39 is 6.04 Å². The van der Waals surface area contributed by atoms with Crippen molar-refractivity contribution in [3.8, 4) is 34.3 Å². The highest BCUT2D eigenvalue weighted by atomic mass is 35.5. The highest BCUT2D eigenvalue weighted by molar-refractivity contribution is 6.31. The molecule has 8 nitrogen and oxygen atoms in total. The van der Waals surface area contributed by atoms with E-state index in [9.17, 15) is 9.90 Å². The van der Waals surface area contributed by atoms with E-state index in [-0.39, 0.29) is 11.7 Å². The van der Waals surface area contributed by atoms with Crippen LogP contribution < -0.4 is 14.2 Å². The summed E-state index contributed by atoms with van der Waals surface area (Å²) >= 11 is 6.41. The van der Waals surface area contributed by atoms with Crippen molar-refractivity contribution in [3.63, 3.8) is 0 Å². The second kappa shape index (κ2) is 9.71. The molecule has 5 rings (SSSR count). The van der Waals surface area contributed by atoms with Crippen molar-refractivity contribution >= 4 is 17.5 Å². The number of amides is 1. The monoisotopic (exact) mass is 519 g/mol. The Kier molecular flexibility index (Phi) is 6.43. The van der Waals surface area contributed by atoms with Crippen molar-refractivity contribution in [3.05, 3.63) is 87.6 Å². The van der Waals surface area contributed by atoms with E-state index in [1.165, 1.54) is 7.11 Å². The first-order chi connectivity index (χ1) is 17.9. The van der Waals surface area contributed by atoms with Gasteiger partial charge in [-0.25, -0.2) is 0 Å². The first-order valence-corrected chi connectivity index (χ1v) is 12.0. The van der Waals surface area contributed by atoms with Gasteiger partial charge < -0.3 is 24.2 Å². The van der Waals surface area contributed by atoms with Crippen LogP contribution in [0, 0.1) is 6.92 Å². The number of rotatable bonds is 7. The summed E-state index contributed by atoms with van der Waals surface area (Å²) in [5.74, 6) is 1.18. The number of nitrogens with one attached hydrogen (secondary N) is 1. The molecule has 2 N–H and O–H groups in total. The van der Waals surface area contributed by atoms with E-state index in [1.807, 2.05) is 49.4 Å². The van der Waals surface area contributed by atoms with E-state index in [2.05, 4.69) is 10.2 Å². The molecule has 0 spiro atoms. The maximum atomic E-state index is 13.7. The molecular formula is C28H26ClN3O5. The summed E-state index contributed by atoms with van der Waals surface area (Å²) in [6, 6.07) is 16.1. The van der Waals surface area contributed by atoms with Crippen molar-refractivity contribution in [1.82, 2.24) is 15.1 Å². The molecule has 4 aromatic rings. The van der Waals surface area contributed by atoms with Crippen molar-refractivity contribution in [1.29, 1.82) is 0 Å². The molecular weight excluding hydrogens is 494 g/mol. The van der Waals surface area contributed by atoms with Gasteiger partial charge in [0.25, 0.3) is 5.91 Å². The minimum atomic E-state index is -0.565. The number of aromatic hydroxyl groups is 1. The lowest BCUT2D eigenvalue weighted by Gasteiger charge is -2.27. The zero-order chi connectivity index (χ0) is 26.3. The molecule has 0 saturated heterocycles. The van der Waals surface area contributed by atoms with Gasteiger partial charge in [-0.05, 0) is 47.9 Å². The lowest BCUT2D eigenvalue weighted by Crippen LogP contribution is -2.29. The number of nitrogens with zero attached hydrogens (tertiary/aromatic N) is 2. The Balaban J connectivity index is 1.74. The zero-order valence-corrected chi connectivity index (χ0v) is 21.6. The SMILES string of the molecule is COc1cc(C2c3c(-c4cc(Cl)c(C)cc4O)n[nH]c3C(=O)N2Cc2ccccc2)cc(OC)c1OC. The van der Waals surface area contributed by atoms with Crippen LogP contribution in [0.15, 0.2) is 54.6 Å². The fourth-order valence-electron chi connectivity index (χ4n) is 4.81. The topological polar surface area (TPSA) is 96.9 Å². The van der Waals surface area contributed by atoms with Crippen molar-refractivity contribution in [2.75, 3.05) is 21.3 Å². The Bertz CT molecular complexity index is 1460. The smallest absolute Gasteiger partial charge is 0.273 e. The first-order valence-electron chi connectivity index (χ1n) is 11.6. The van der Waals surface area contributed by atoms with Crippen molar-refractivity contribution in [2.45, 2.75) is 19.5 Å². The predicted octanol–water partition coefficient (Wildman–Crippen LogP) is 5.52. The number of methoxy groups -OCH3 is 3. The molecule has 0 radical (unpaired) electrons. The van der Waals surface area contributed by atoms with Gasteiger partial charge in [-0.15, -0.1) is 0 Å². The van der Waals surface area contributed by atoms with Crippen LogP contribution in [0.1, 0.15) is 38.8 Å².